The van der Waals surface area contributed by atoms with Crippen molar-refractivity contribution in [1.29, 1.82) is 0 Å². The number of H-pyrrole nitrogens is 1. The van der Waals surface area contributed by atoms with Gasteiger partial charge in [-0.3, -0.25) is 0 Å². The summed E-state index contributed by atoms with van der Waals surface area (Å²) in [5.74, 6) is 2.03. The molecular weight excluding hydrogens is 198 g/mol. The van der Waals surface area contributed by atoms with Crippen LogP contribution in [0.3, 0.4) is 0 Å². The largest absolute Gasteiger partial charge is 0.346 e. The van der Waals surface area contributed by atoms with Crippen molar-refractivity contribution in [1.82, 2.24) is 15.3 Å². The molecule has 88 valence electrons. The lowest BCUT2D eigenvalue weighted by Gasteiger charge is -2.21. The quantitative estimate of drug-likeness (QED) is 0.796. The maximum atomic E-state index is 4.76. The lowest BCUT2D eigenvalue weighted by Crippen LogP contribution is -2.31. The third-order valence-electron chi connectivity index (χ3n) is 3.88. The number of piperidine rings is 1. The van der Waals surface area contributed by atoms with Crippen molar-refractivity contribution in [3.05, 3.63) is 17.2 Å². The molecule has 0 saturated carbocycles. The Balaban J connectivity index is 1.67. The van der Waals surface area contributed by atoms with Gasteiger partial charge in [-0.15, -0.1) is 0 Å². The van der Waals surface area contributed by atoms with Crippen LogP contribution in [0.25, 0.3) is 0 Å². The number of imidazole rings is 1. The van der Waals surface area contributed by atoms with Gasteiger partial charge in [0.1, 0.15) is 5.82 Å². The fraction of sp³-hybridized carbons (Fsp3) is 0.769. The van der Waals surface area contributed by atoms with Gasteiger partial charge in [0.2, 0.25) is 0 Å². The molecule has 16 heavy (non-hydrogen) atoms. The van der Waals surface area contributed by atoms with E-state index in [2.05, 4.69) is 10.3 Å². The number of nitrogens with one attached hydrogen (secondary N) is 2. The second-order valence-electron chi connectivity index (χ2n) is 5.23. The van der Waals surface area contributed by atoms with Gasteiger partial charge in [0.05, 0.1) is 5.69 Å². The lowest BCUT2D eigenvalue weighted by molar-refractivity contribution is 0.371. The molecule has 1 saturated heterocycles. The van der Waals surface area contributed by atoms with E-state index in [0.717, 1.165) is 12.3 Å². The SMILES string of the molecule is C1CCc2[nH]c(CC3CCCNC3)nc2C1. The number of aromatic amines is 1. The van der Waals surface area contributed by atoms with Crippen molar-refractivity contribution >= 4 is 0 Å². The van der Waals surface area contributed by atoms with E-state index in [-0.39, 0.29) is 0 Å². The first-order valence-corrected chi connectivity index (χ1v) is 6.69. The molecule has 3 rings (SSSR count). The zero-order chi connectivity index (χ0) is 10.8. The highest BCUT2D eigenvalue weighted by atomic mass is 14.9. The van der Waals surface area contributed by atoms with E-state index < -0.39 is 0 Å². The first kappa shape index (κ1) is 10.3. The predicted octanol–water partition coefficient (Wildman–Crippen LogP) is 1.83. The summed E-state index contributed by atoms with van der Waals surface area (Å²) in [6, 6.07) is 0. The standard InChI is InChI=1S/C13H21N3/c1-2-6-12-11(5-1)15-13(16-12)8-10-4-3-7-14-9-10/h10,14H,1-9H2,(H,15,16). The molecule has 1 aromatic rings. The Kier molecular flexibility index (Phi) is 2.96. The van der Waals surface area contributed by atoms with Crippen LogP contribution >= 0.6 is 0 Å². The Morgan fingerprint density at radius 1 is 1.19 bits per heavy atom. The Bertz CT molecular complexity index is 327. The minimum Gasteiger partial charge on any atom is -0.346 e. The number of rotatable bonds is 2. The summed E-state index contributed by atoms with van der Waals surface area (Å²) < 4.78 is 0. The van der Waals surface area contributed by atoms with Crippen LogP contribution in [-0.2, 0) is 19.3 Å². The van der Waals surface area contributed by atoms with Gasteiger partial charge in [-0.25, -0.2) is 4.98 Å². The summed E-state index contributed by atoms with van der Waals surface area (Å²) >= 11 is 0. The Labute approximate surface area is 97.0 Å². The monoisotopic (exact) mass is 219 g/mol. The van der Waals surface area contributed by atoms with E-state index in [0.29, 0.717) is 0 Å². The van der Waals surface area contributed by atoms with Crippen molar-refractivity contribution in [3.8, 4) is 0 Å². The number of hydrogen-bond acceptors (Lipinski definition) is 2. The first-order valence-electron chi connectivity index (χ1n) is 6.69. The zero-order valence-electron chi connectivity index (χ0n) is 9.89. The van der Waals surface area contributed by atoms with Crippen LogP contribution in [0.1, 0.15) is 42.9 Å². The van der Waals surface area contributed by atoms with E-state index in [1.165, 1.54) is 68.8 Å². The summed E-state index contributed by atoms with van der Waals surface area (Å²) in [5, 5.41) is 3.48. The predicted molar refractivity (Wildman–Crippen MR) is 64.5 cm³/mol. The van der Waals surface area contributed by atoms with Crippen molar-refractivity contribution < 1.29 is 0 Å². The Morgan fingerprint density at radius 2 is 2.12 bits per heavy atom. The van der Waals surface area contributed by atoms with Gasteiger partial charge in [-0.2, -0.15) is 0 Å². The molecular formula is C13H21N3. The van der Waals surface area contributed by atoms with Crippen molar-refractivity contribution in [2.24, 2.45) is 5.92 Å². The van der Waals surface area contributed by atoms with E-state index >= 15 is 0 Å². The van der Waals surface area contributed by atoms with Gasteiger partial charge in [-0.05, 0) is 57.5 Å². The van der Waals surface area contributed by atoms with Gasteiger partial charge in [0.25, 0.3) is 0 Å². The van der Waals surface area contributed by atoms with Crippen LogP contribution in [0.15, 0.2) is 0 Å². The second kappa shape index (κ2) is 4.58. The highest BCUT2D eigenvalue weighted by Gasteiger charge is 2.18. The average molecular weight is 219 g/mol. The third kappa shape index (κ3) is 2.14. The topological polar surface area (TPSA) is 40.7 Å². The average Bonchev–Trinajstić information content (AvgIpc) is 2.72. The molecule has 3 nitrogen and oxygen atoms in total. The van der Waals surface area contributed by atoms with Crippen LogP contribution in [0.2, 0.25) is 0 Å². The van der Waals surface area contributed by atoms with Gasteiger partial charge >= 0.3 is 0 Å². The highest BCUT2D eigenvalue weighted by molar-refractivity contribution is 5.17. The number of aryl methyl sites for hydroxylation is 2. The van der Waals surface area contributed by atoms with Crippen LogP contribution in [0.5, 0.6) is 0 Å². The van der Waals surface area contributed by atoms with Gasteiger partial charge in [0, 0.05) is 12.1 Å². The number of fused-ring (bicyclic) bond motifs is 1. The molecule has 0 radical (unpaired) electrons. The van der Waals surface area contributed by atoms with Crippen molar-refractivity contribution in [2.75, 3.05) is 13.1 Å². The molecule has 2 heterocycles. The molecule has 2 aliphatic rings. The van der Waals surface area contributed by atoms with Crippen LogP contribution < -0.4 is 5.32 Å². The number of nitrogens with zero attached hydrogens (tertiary/aromatic N) is 1. The summed E-state index contributed by atoms with van der Waals surface area (Å²) in [4.78, 5) is 8.30. The Morgan fingerprint density at radius 3 is 2.94 bits per heavy atom. The second-order valence-corrected chi connectivity index (χ2v) is 5.23. The highest BCUT2D eigenvalue weighted by Crippen LogP contribution is 2.21. The maximum absolute atomic E-state index is 4.76. The van der Waals surface area contributed by atoms with Gasteiger partial charge in [-0.1, -0.05) is 0 Å². The van der Waals surface area contributed by atoms with Crippen molar-refractivity contribution in [3.63, 3.8) is 0 Å². The van der Waals surface area contributed by atoms with E-state index in [1.54, 1.807) is 0 Å². The minimum atomic E-state index is 0.793. The van der Waals surface area contributed by atoms with Gasteiger partial charge < -0.3 is 10.3 Å². The molecule has 3 heteroatoms. The first-order chi connectivity index (χ1) is 7.92. The third-order valence-corrected chi connectivity index (χ3v) is 3.88. The van der Waals surface area contributed by atoms with E-state index in [4.69, 9.17) is 4.98 Å². The van der Waals surface area contributed by atoms with Crippen molar-refractivity contribution in [2.45, 2.75) is 44.9 Å². The molecule has 2 N–H and O–H groups in total. The molecule has 1 aliphatic carbocycles. The lowest BCUT2D eigenvalue weighted by atomic mass is 9.96. The molecule has 0 bridgehead atoms. The number of hydrogen-bond donors (Lipinski definition) is 2. The molecule has 1 fully saturated rings. The van der Waals surface area contributed by atoms with E-state index in [1.807, 2.05) is 0 Å². The van der Waals surface area contributed by atoms with Gasteiger partial charge in [0.15, 0.2) is 0 Å². The van der Waals surface area contributed by atoms with E-state index in [9.17, 15) is 0 Å². The fourth-order valence-corrected chi connectivity index (χ4v) is 2.98. The maximum Gasteiger partial charge on any atom is 0.106 e. The summed E-state index contributed by atoms with van der Waals surface area (Å²) in [6.45, 7) is 2.37. The van der Waals surface area contributed by atoms with Crippen LogP contribution in [-0.4, -0.2) is 23.1 Å². The molecule has 0 amide bonds. The van der Waals surface area contributed by atoms with Crippen LogP contribution in [0.4, 0.5) is 0 Å². The normalized spacial score (nSPS) is 25.4. The summed E-state index contributed by atoms with van der Waals surface area (Å²) in [7, 11) is 0. The summed E-state index contributed by atoms with van der Waals surface area (Å²) in [6.07, 6.45) is 8.88. The Hall–Kier alpha value is -0.830. The number of aromatic nitrogens is 2. The smallest absolute Gasteiger partial charge is 0.106 e. The minimum absolute atomic E-state index is 0.793. The zero-order valence-corrected chi connectivity index (χ0v) is 9.89. The molecule has 0 spiro atoms. The summed E-state index contributed by atoms with van der Waals surface area (Å²) in [5.41, 5.74) is 2.77. The molecule has 1 atom stereocenters. The molecule has 1 aliphatic heterocycles. The molecule has 1 unspecified atom stereocenters. The molecule has 1 aromatic heterocycles. The fourth-order valence-electron chi connectivity index (χ4n) is 2.98. The van der Waals surface area contributed by atoms with Crippen LogP contribution in [0, 0.1) is 5.92 Å². The molecule has 0 aromatic carbocycles.